The highest BCUT2D eigenvalue weighted by atomic mass is 32.1. The van der Waals surface area contributed by atoms with Crippen LogP contribution in [0.2, 0.25) is 0 Å². The normalized spacial score (nSPS) is 9.67. The number of rotatable bonds is 3. The number of nitrogens with zero attached hydrogens (tertiary/aromatic N) is 2. The molecule has 1 rings (SSSR count). The molecule has 5 nitrogen and oxygen atoms in total. The van der Waals surface area contributed by atoms with Crippen molar-refractivity contribution in [3.63, 3.8) is 0 Å². The Labute approximate surface area is 92.9 Å². The molecule has 0 unspecified atom stereocenters. The summed E-state index contributed by atoms with van der Waals surface area (Å²) < 4.78 is 0. The fraction of sp³-hybridized carbons (Fsp3) is 0.333. The zero-order chi connectivity index (χ0) is 11.3. The van der Waals surface area contributed by atoms with Crippen LogP contribution in [0.5, 0.6) is 0 Å². The SMILES string of the molecule is CCN(Cc1cccs1)C(=N)N=C(N)N. The van der Waals surface area contributed by atoms with E-state index in [1.807, 2.05) is 24.4 Å². The van der Waals surface area contributed by atoms with Crippen molar-refractivity contribution in [2.75, 3.05) is 6.54 Å². The van der Waals surface area contributed by atoms with Gasteiger partial charge in [0.25, 0.3) is 0 Å². The van der Waals surface area contributed by atoms with Crippen LogP contribution in [0.3, 0.4) is 0 Å². The largest absolute Gasteiger partial charge is 0.370 e. The van der Waals surface area contributed by atoms with Crippen molar-refractivity contribution >= 4 is 23.3 Å². The van der Waals surface area contributed by atoms with Crippen molar-refractivity contribution in [2.24, 2.45) is 16.5 Å². The molecular weight excluding hydrogens is 210 g/mol. The molecule has 15 heavy (non-hydrogen) atoms. The van der Waals surface area contributed by atoms with E-state index in [2.05, 4.69) is 4.99 Å². The van der Waals surface area contributed by atoms with E-state index < -0.39 is 0 Å². The van der Waals surface area contributed by atoms with Crippen molar-refractivity contribution in [2.45, 2.75) is 13.5 Å². The molecule has 1 heterocycles. The highest BCUT2D eigenvalue weighted by Crippen LogP contribution is 2.11. The lowest BCUT2D eigenvalue weighted by Crippen LogP contribution is -2.32. The highest BCUT2D eigenvalue weighted by molar-refractivity contribution is 7.09. The number of nitrogens with two attached hydrogens (primary N) is 2. The Kier molecular flexibility index (Phi) is 4.11. The molecule has 0 radical (unpaired) electrons. The number of thiophene rings is 1. The third-order valence-electron chi connectivity index (χ3n) is 1.84. The van der Waals surface area contributed by atoms with E-state index in [1.54, 1.807) is 16.2 Å². The first-order valence-electron chi connectivity index (χ1n) is 4.59. The van der Waals surface area contributed by atoms with E-state index in [4.69, 9.17) is 16.9 Å². The van der Waals surface area contributed by atoms with Gasteiger partial charge in [-0.15, -0.1) is 11.3 Å². The maximum absolute atomic E-state index is 7.66. The molecule has 0 aliphatic rings. The fourth-order valence-corrected chi connectivity index (χ4v) is 1.84. The number of hydrogen-bond donors (Lipinski definition) is 3. The van der Waals surface area contributed by atoms with Gasteiger partial charge in [-0.1, -0.05) is 6.07 Å². The second-order valence-electron chi connectivity index (χ2n) is 2.95. The monoisotopic (exact) mass is 225 g/mol. The van der Waals surface area contributed by atoms with Crippen LogP contribution in [0.4, 0.5) is 0 Å². The average Bonchev–Trinajstić information content (AvgIpc) is 2.65. The van der Waals surface area contributed by atoms with Crippen LogP contribution >= 0.6 is 11.3 Å². The maximum Gasteiger partial charge on any atom is 0.221 e. The molecule has 1 aromatic rings. The quantitative estimate of drug-likeness (QED) is 0.524. The Balaban J connectivity index is 2.64. The number of guanidine groups is 2. The topological polar surface area (TPSA) is 91.5 Å². The molecule has 0 aliphatic carbocycles. The van der Waals surface area contributed by atoms with Gasteiger partial charge in [-0.2, -0.15) is 4.99 Å². The minimum atomic E-state index is -0.0790. The number of nitrogens with one attached hydrogen (secondary N) is 1. The van der Waals surface area contributed by atoms with Crippen LogP contribution in [0.25, 0.3) is 0 Å². The van der Waals surface area contributed by atoms with Gasteiger partial charge < -0.3 is 16.4 Å². The minimum Gasteiger partial charge on any atom is -0.370 e. The molecular formula is C9H15N5S. The molecule has 1 aromatic heterocycles. The zero-order valence-electron chi connectivity index (χ0n) is 8.60. The van der Waals surface area contributed by atoms with Crippen LogP contribution < -0.4 is 11.5 Å². The maximum atomic E-state index is 7.66. The minimum absolute atomic E-state index is 0.0790. The molecule has 5 N–H and O–H groups in total. The average molecular weight is 225 g/mol. The van der Waals surface area contributed by atoms with Gasteiger partial charge in [-0.25, -0.2) is 0 Å². The lowest BCUT2D eigenvalue weighted by molar-refractivity contribution is 0.432. The first-order chi connectivity index (χ1) is 7.13. The molecule has 0 saturated carbocycles. The van der Waals surface area contributed by atoms with Gasteiger partial charge in [0.2, 0.25) is 5.96 Å². The van der Waals surface area contributed by atoms with E-state index in [0.29, 0.717) is 13.1 Å². The summed E-state index contributed by atoms with van der Waals surface area (Å²) in [6.07, 6.45) is 0. The van der Waals surface area contributed by atoms with Crippen molar-refractivity contribution < 1.29 is 0 Å². The molecule has 0 atom stereocenters. The van der Waals surface area contributed by atoms with Crippen LogP contribution in [0.15, 0.2) is 22.5 Å². The first kappa shape index (κ1) is 11.5. The molecule has 6 heteroatoms. The van der Waals surface area contributed by atoms with Gasteiger partial charge in [0.1, 0.15) is 0 Å². The van der Waals surface area contributed by atoms with Gasteiger partial charge >= 0.3 is 0 Å². The van der Waals surface area contributed by atoms with Crippen molar-refractivity contribution in [1.29, 1.82) is 5.41 Å². The van der Waals surface area contributed by atoms with Crippen LogP contribution in [0.1, 0.15) is 11.8 Å². The van der Waals surface area contributed by atoms with Crippen LogP contribution in [0, 0.1) is 5.41 Å². The molecule has 0 spiro atoms. The van der Waals surface area contributed by atoms with Crippen LogP contribution in [-0.4, -0.2) is 23.4 Å². The third-order valence-corrected chi connectivity index (χ3v) is 2.70. The summed E-state index contributed by atoms with van der Waals surface area (Å²) in [5.41, 5.74) is 10.4. The van der Waals surface area contributed by atoms with Gasteiger partial charge in [-0.05, 0) is 18.4 Å². The Bertz CT molecular complexity index is 339. The standard InChI is InChI=1S/C9H15N5S/c1-2-14(9(12)13-8(10)11)6-7-4-3-5-15-7/h3-5H,2,6H2,1H3,(H5,10,11,12,13). The van der Waals surface area contributed by atoms with Crippen molar-refractivity contribution in [3.05, 3.63) is 22.4 Å². The van der Waals surface area contributed by atoms with Crippen molar-refractivity contribution in [3.8, 4) is 0 Å². The van der Waals surface area contributed by atoms with Crippen molar-refractivity contribution in [1.82, 2.24) is 4.90 Å². The highest BCUT2D eigenvalue weighted by Gasteiger charge is 2.08. The predicted molar refractivity (Wildman–Crippen MR) is 63.9 cm³/mol. The molecule has 0 aromatic carbocycles. The lowest BCUT2D eigenvalue weighted by atomic mass is 10.4. The van der Waals surface area contributed by atoms with E-state index in [-0.39, 0.29) is 11.9 Å². The predicted octanol–water partition coefficient (Wildman–Crippen LogP) is 0.778. The van der Waals surface area contributed by atoms with Gasteiger partial charge in [0.15, 0.2) is 5.96 Å². The summed E-state index contributed by atoms with van der Waals surface area (Å²) in [4.78, 5) is 6.70. The smallest absolute Gasteiger partial charge is 0.221 e. The molecule has 0 bridgehead atoms. The fourth-order valence-electron chi connectivity index (χ4n) is 1.12. The molecule has 0 amide bonds. The van der Waals surface area contributed by atoms with Gasteiger partial charge in [-0.3, -0.25) is 5.41 Å². The molecule has 0 saturated heterocycles. The lowest BCUT2D eigenvalue weighted by Gasteiger charge is -2.19. The Morgan fingerprint density at radius 1 is 1.60 bits per heavy atom. The van der Waals surface area contributed by atoms with Crippen LogP contribution in [-0.2, 0) is 6.54 Å². The zero-order valence-corrected chi connectivity index (χ0v) is 9.42. The van der Waals surface area contributed by atoms with Gasteiger partial charge in [0.05, 0.1) is 6.54 Å². The van der Waals surface area contributed by atoms with Gasteiger partial charge in [0, 0.05) is 11.4 Å². The third kappa shape index (κ3) is 3.59. The summed E-state index contributed by atoms with van der Waals surface area (Å²) in [6, 6.07) is 4.01. The summed E-state index contributed by atoms with van der Waals surface area (Å²) >= 11 is 1.65. The molecule has 0 aliphatic heterocycles. The Morgan fingerprint density at radius 3 is 2.80 bits per heavy atom. The Hall–Kier alpha value is -1.56. The first-order valence-corrected chi connectivity index (χ1v) is 5.47. The molecule has 82 valence electrons. The summed E-state index contributed by atoms with van der Waals surface area (Å²) in [7, 11) is 0. The number of hydrogen-bond acceptors (Lipinski definition) is 2. The number of aliphatic imine (C=N–C) groups is 1. The summed E-state index contributed by atoms with van der Waals surface area (Å²) in [5, 5.41) is 9.67. The second-order valence-corrected chi connectivity index (χ2v) is 3.99. The summed E-state index contributed by atoms with van der Waals surface area (Å²) in [5.74, 6) is 0.0236. The summed E-state index contributed by atoms with van der Waals surface area (Å²) in [6.45, 7) is 3.33. The Morgan fingerprint density at radius 2 is 2.33 bits per heavy atom. The van der Waals surface area contributed by atoms with E-state index in [1.165, 1.54) is 4.88 Å². The van der Waals surface area contributed by atoms with E-state index in [0.717, 1.165) is 0 Å². The second kappa shape index (κ2) is 5.35. The van der Waals surface area contributed by atoms with E-state index >= 15 is 0 Å². The molecule has 0 fully saturated rings. The van der Waals surface area contributed by atoms with E-state index in [9.17, 15) is 0 Å².